The van der Waals surface area contributed by atoms with Crippen LogP contribution in [0.5, 0.6) is 0 Å². The first-order chi connectivity index (χ1) is 11.6. The number of hydrogen-bond acceptors (Lipinski definition) is 6. The number of nitriles is 1. The third kappa shape index (κ3) is 4.99. The smallest absolute Gasteiger partial charge is 0.397 e. The first kappa shape index (κ1) is 19.3. The molecule has 3 rings (SSSR count). The molecule has 130 valence electrons. The van der Waals surface area contributed by atoms with Crippen LogP contribution in [0.25, 0.3) is 17.0 Å². The van der Waals surface area contributed by atoms with Gasteiger partial charge in [0.25, 0.3) is 0 Å². The van der Waals surface area contributed by atoms with Crippen molar-refractivity contribution in [3.63, 3.8) is 0 Å². The molecule has 0 saturated heterocycles. The summed E-state index contributed by atoms with van der Waals surface area (Å²) in [5.74, 6) is 0.753. The van der Waals surface area contributed by atoms with Gasteiger partial charge in [-0.3, -0.25) is 0 Å². The van der Waals surface area contributed by atoms with Gasteiger partial charge in [-0.2, -0.15) is 5.26 Å². The number of halogens is 2. The zero-order valence-corrected chi connectivity index (χ0v) is 15.5. The molecule has 2 heterocycles. The maximum atomic E-state index is 9.29. The SMILES string of the molecule is Cc1cc(C)[n+]2cc(-c3ccc(Br)cc3)oc2c1C#N.[O-][Cl+3]([O-])([O-])[O-]. The quantitative estimate of drug-likeness (QED) is 0.466. The Balaban J connectivity index is 0.000000399. The third-order valence-electron chi connectivity index (χ3n) is 3.33. The van der Waals surface area contributed by atoms with E-state index in [0.29, 0.717) is 11.3 Å². The van der Waals surface area contributed by atoms with Gasteiger partial charge in [0.1, 0.15) is 6.07 Å². The molecule has 2 aromatic heterocycles. The van der Waals surface area contributed by atoms with Gasteiger partial charge in [0.2, 0.25) is 12.0 Å². The minimum atomic E-state index is -4.94. The number of nitrogens with zero attached hydrogens (tertiary/aromatic N) is 2. The normalized spacial score (nSPS) is 11.0. The Morgan fingerprint density at radius 1 is 1.12 bits per heavy atom. The Labute approximate surface area is 153 Å². The van der Waals surface area contributed by atoms with Crippen LogP contribution < -0.4 is 23.0 Å². The molecule has 0 bridgehead atoms. The highest BCUT2D eigenvalue weighted by atomic mass is 79.9. The van der Waals surface area contributed by atoms with E-state index in [2.05, 4.69) is 22.0 Å². The van der Waals surface area contributed by atoms with E-state index in [1.54, 1.807) is 0 Å². The lowest BCUT2D eigenvalue weighted by Crippen LogP contribution is -2.68. The predicted octanol–water partition coefficient (Wildman–Crippen LogP) is -0.820. The first-order valence-electron chi connectivity index (χ1n) is 6.83. The van der Waals surface area contributed by atoms with E-state index in [9.17, 15) is 5.26 Å². The van der Waals surface area contributed by atoms with E-state index >= 15 is 0 Å². The van der Waals surface area contributed by atoms with Crippen LogP contribution in [0.2, 0.25) is 0 Å². The van der Waals surface area contributed by atoms with Crippen molar-refractivity contribution < 1.29 is 37.7 Å². The van der Waals surface area contributed by atoms with Gasteiger partial charge in [0.05, 0.1) is 0 Å². The van der Waals surface area contributed by atoms with Crippen LogP contribution in [-0.4, -0.2) is 0 Å². The Morgan fingerprint density at radius 3 is 2.20 bits per heavy atom. The number of pyridine rings is 1. The molecule has 0 radical (unpaired) electrons. The second-order valence-corrected chi connectivity index (χ2v) is 6.78. The molecule has 0 aliphatic heterocycles. The van der Waals surface area contributed by atoms with Crippen molar-refractivity contribution in [1.29, 1.82) is 5.26 Å². The molecule has 0 aliphatic carbocycles. The summed E-state index contributed by atoms with van der Waals surface area (Å²) in [5.41, 5.74) is 4.14. The van der Waals surface area contributed by atoms with Crippen LogP contribution in [0.15, 0.2) is 45.4 Å². The number of aromatic nitrogens is 1. The van der Waals surface area contributed by atoms with Crippen molar-refractivity contribution in [3.05, 3.63) is 57.8 Å². The van der Waals surface area contributed by atoms with E-state index < -0.39 is 10.2 Å². The molecule has 25 heavy (non-hydrogen) atoms. The van der Waals surface area contributed by atoms with Gasteiger partial charge in [-0.25, -0.2) is 18.6 Å². The standard InChI is InChI=1S/C16H12BrN2O.ClHO4/c1-10-7-11(2)19-9-15(20-16(19)14(10)8-18)12-3-5-13(17)6-4-12;2-1(3,4)5/h3-7,9H,1-2H3;(H,2,3,4,5)/q+1;/p-1. The zero-order valence-electron chi connectivity index (χ0n) is 13.2. The highest BCUT2D eigenvalue weighted by Gasteiger charge is 2.22. The first-order valence-corrected chi connectivity index (χ1v) is 8.86. The molecule has 0 N–H and O–H groups in total. The van der Waals surface area contributed by atoms with E-state index in [4.69, 9.17) is 23.1 Å². The summed E-state index contributed by atoms with van der Waals surface area (Å²) in [5, 5.41) is 9.29. The fourth-order valence-electron chi connectivity index (χ4n) is 2.30. The lowest BCUT2D eigenvalue weighted by molar-refractivity contribution is -2.00. The van der Waals surface area contributed by atoms with Crippen molar-refractivity contribution >= 4 is 21.6 Å². The lowest BCUT2D eigenvalue weighted by atomic mass is 10.1. The fourth-order valence-corrected chi connectivity index (χ4v) is 2.56. The highest BCUT2D eigenvalue weighted by Crippen LogP contribution is 2.24. The lowest BCUT2D eigenvalue weighted by Gasteiger charge is -2.17. The average Bonchev–Trinajstić information content (AvgIpc) is 2.92. The van der Waals surface area contributed by atoms with Gasteiger partial charge in [-0.05, 0) is 36.8 Å². The van der Waals surface area contributed by atoms with Crippen LogP contribution in [-0.2, 0) is 0 Å². The molecule has 0 saturated carbocycles. The van der Waals surface area contributed by atoms with E-state index in [1.165, 1.54) is 0 Å². The Bertz CT molecular complexity index is 936. The van der Waals surface area contributed by atoms with E-state index in [-0.39, 0.29) is 0 Å². The molecule has 0 atom stereocenters. The monoisotopic (exact) mass is 426 g/mol. The topological polar surface area (TPSA) is 133 Å². The van der Waals surface area contributed by atoms with Crippen molar-refractivity contribution in [2.45, 2.75) is 13.8 Å². The second kappa shape index (κ2) is 7.49. The Hall–Kier alpha value is -1.99. The van der Waals surface area contributed by atoms with Gasteiger partial charge in [-0.1, -0.05) is 15.9 Å². The van der Waals surface area contributed by atoms with Crippen LogP contribution in [0, 0.1) is 35.4 Å². The van der Waals surface area contributed by atoms with Crippen LogP contribution in [0.1, 0.15) is 16.8 Å². The van der Waals surface area contributed by atoms with E-state index in [0.717, 1.165) is 27.1 Å². The van der Waals surface area contributed by atoms with Crippen LogP contribution in [0.4, 0.5) is 0 Å². The average molecular weight is 428 g/mol. The number of hydrogen-bond donors (Lipinski definition) is 0. The summed E-state index contributed by atoms with van der Waals surface area (Å²) in [6, 6.07) is 12.1. The molecule has 0 unspecified atom stereocenters. The minimum Gasteiger partial charge on any atom is -0.397 e. The van der Waals surface area contributed by atoms with Gasteiger partial charge in [0.15, 0.2) is 11.3 Å². The summed E-state index contributed by atoms with van der Waals surface area (Å²) in [7, 11) is -4.94. The summed E-state index contributed by atoms with van der Waals surface area (Å²) < 4.78 is 42.8. The number of aryl methyl sites for hydroxylation is 2. The third-order valence-corrected chi connectivity index (χ3v) is 3.85. The van der Waals surface area contributed by atoms with Crippen molar-refractivity contribution in [1.82, 2.24) is 0 Å². The molecule has 0 spiro atoms. The predicted molar refractivity (Wildman–Crippen MR) is 79.2 cm³/mol. The van der Waals surface area contributed by atoms with Crippen molar-refractivity contribution in [3.8, 4) is 17.4 Å². The molecule has 7 nitrogen and oxygen atoms in total. The Kier molecular flexibility index (Phi) is 5.80. The maximum absolute atomic E-state index is 9.29. The molecule has 1 aromatic carbocycles. The van der Waals surface area contributed by atoms with E-state index in [1.807, 2.05) is 54.8 Å². The number of oxazole rings is 1. The highest BCUT2D eigenvalue weighted by molar-refractivity contribution is 9.10. The fraction of sp³-hybridized carbons (Fsp3) is 0.125. The number of fused-ring (bicyclic) bond motifs is 1. The van der Waals surface area contributed by atoms with Gasteiger partial charge in [0, 0.05) is 23.0 Å². The summed E-state index contributed by atoms with van der Waals surface area (Å²) in [6.07, 6.45) is 1.92. The largest absolute Gasteiger partial charge is 0.397 e. The van der Waals surface area contributed by atoms with Gasteiger partial charge < -0.3 is 4.42 Å². The van der Waals surface area contributed by atoms with Crippen LogP contribution >= 0.6 is 15.9 Å². The summed E-state index contributed by atoms with van der Waals surface area (Å²) in [6.45, 7) is 3.93. The number of rotatable bonds is 1. The van der Waals surface area contributed by atoms with Gasteiger partial charge in [-0.15, -0.1) is 14.6 Å². The molecule has 9 heteroatoms. The molecule has 0 fully saturated rings. The van der Waals surface area contributed by atoms with Crippen molar-refractivity contribution in [2.75, 3.05) is 0 Å². The number of benzene rings is 1. The molecular weight excluding hydrogens is 416 g/mol. The molecule has 3 aromatic rings. The van der Waals surface area contributed by atoms with Crippen LogP contribution in [0.3, 0.4) is 0 Å². The minimum absolute atomic E-state index is 0.582. The summed E-state index contributed by atoms with van der Waals surface area (Å²) in [4.78, 5) is 0. The summed E-state index contributed by atoms with van der Waals surface area (Å²) >= 11 is 3.42. The van der Waals surface area contributed by atoms with Gasteiger partial charge >= 0.3 is 5.71 Å². The Morgan fingerprint density at radius 2 is 1.68 bits per heavy atom. The molecule has 0 aliphatic rings. The second-order valence-electron chi connectivity index (χ2n) is 5.11. The molecular formula is C16H12BrClN2O5. The zero-order chi connectivity index (χ0) is 18.8. The maximum Gasteiger partial charge on any atom is 0.397 e. The molecule has 0 amide bonds. The van der Waals surface area contributed by atoms with Crippen molar-refractivity contribution in [2.24, 2.45) is 0 Å².